The van der Waals surface area contributed by atoms with E-state index >= 15 is 0 Å². The van der Waals surface area contributed by atoms with Crippen LogP contribution in [0.15, 0.2) is 0 Å². The zero-order valence-corrected chi connectivity index (χ0v) is 10.4. The van der Waals surface area contributed by atoms with Gasteiger partial charge in [0.25, 0.3) is 0 Å². The van der Waals surface area contributed by atoms with Gasteiger partial charge in [-0.3, -0.25) is 14.6 Å². The quantitative estimate of drug-likeness (QED) is 0.696. The number of carbonyl (C=O) groups is 1. The van der Waals surface area contributed by atoms with E-state index in [9.17, 15) is 4.79 Å². The zero-order chi connectivity index (χ0) is 11.6. The summed E-state index contributed by atoms with van der Waals surface area (Å²) in [6, 6.07) is 0. The molecule has 0 saturated carbocycles. The van der Waals surface area contributed by atoms with Gasteiger partial charge in [-0.25, -0.2) is 0 Å². The van der Waals surface area contributed by atoms with Crippen LogP contribution < -0.4 is 0 Å². The summed E-state index contributed by atoms with van der Waals surface area (Å²) in [5.41, 5.74) is -0.244. The fraction of sp³-hybridized carbons (Fsp3) is 0.917. The predicted molar refractivity (Wildman–Crippen MR) is 62.5 cm³/mol. The van der Waals surface area contributed by atoms with Crippen molar-refractivity contribution in [1.82, 2.24) is 9.80 Å². The molecule has 2 saturated heterocycles. The van der Waals surface area contributed by atoms with E-state index in [0.717, 1.165) is 52.4 Å². The monoisotopic (exact) mass is 226 g/mol. The maximum Gasteiger partial charge on any atom is 0.153 e. The molecule has 0 aromatic rings. The van der Waals surface area contributed by atoms with Gasteiger partial charge in [-0.15, -0.1) is 0 Å². The molecule has 2 heterocycles. The molecule has 0 aromatic carbocycles. The highest BCUT2D eigenvalue weighted by Gasteiger charge is 2.39. The lowest BCUT2D eigenvalue weighted by Crippen LogP contribution is -2.47. The van der Waals surface area contributed by atoms with Gasteiger partial charge in [-0.2, -0.15) is 0 Å². The normalized spacial score (nSPS) is 27.5. The second-order valence-corrected chi connectivity index (χ2v) is 5.17. The average Bonchev–Trinajstić information content (AvgIpc) is 2.53. The van der Waals surface area contributed by atoms with Crippen molar-refractivity contribution >= 4 is 5.78 Å². The Morgan fingerprint density at radius 3 is 2.44 bits per heavy atom. The number of Topliss-reactive ketones (excluding diaryl/α,β-unsaturated/α-hetero) is 1. The molecular weight excluding hydrogens is 204 g/mol. The standard InChI is InChI=1S/C12H22N2O2/c1-12(2)11(15)3-4-14(12)6-5-13-7-9-16-10-8-13/h3-10H2,1-2H3. The summed E-state index contributed by atoms with van der Waals surface area (Å²) in [5, 5.41) is 0. The summed E-state index contributed by atoms with van der Waals surface area (Å²) in [7, 11) is 0. The van der Waals surface area contributed by atoms with Gasteiger partial charge in [0.1, 0.15) is 0 Å². The van der Waals surface area contributed by atoms with Crippen molar-refractivity contribution in [3.05, 3.63) is 0 Å². The highest BCUT2D eigenvalue weighted by Crippen LogP contribution is 2.24. The third-order valence-electron chi connectivity index (χ3n) is 3.87. The summed E-state index contributed by atoms with van der Waals surface area (Å²) in [6.07, 6.45) is 0.718. The van der Waals surface area contributed by atoms with E-state index in [1.165, 1.54) is 0 Å². The first kappa shape index (κ1) is 12.0. The highest BCUT2D eigenvalue weighted by atomic mass is 16.5. The molecule has 2 aliphatic rings. The molecule has 4 heteroatoms. The van der Waals surface area contributed by atoms with Crippen LogP contribution in [-0.4, -0.2) is 67.1 Å². The van der Waals surface area contributed by atoms with Gasteiger partial charge >= 0.3 is 0 Å². The van der Waals surface area contributed by atoms with Gasteiger partial charge in [0.05, 0.1) is 18.8 Å². The van der Waals surface area contributed by atoms with E-state index in [4.69, 9.17) is 4.74 Å². The fourth-order valence-electron chi connectivity index (χ4n) is 2.48. The SMILES string of the molecule is CC1(C)C(=O)CCN1CCN1CCOCC1. The molecule has 0 bridgehead atoms. The molecule has 0 unspecified atom stereocenters. The van der Waals surface area contributed by atoms with Gasteiger partial charge in [-0.1, -0.05) is 0 Å². The van der Waals surface area contributed by atoms with Crippen LogP contribution in [-0.2, 0) is 9.53 Å². The minimum Gasteiger partial charge on any atom is -0.379 e. The summed E-state index contributed by atoms with van der Waals surface area (Å²) in [5.74, 6) is 0.384. The third kappa shape index (κ3) is 2.44. The van der Waals surface area contributed by atoms with Gasteiger partial charge < -0.3 is 4.74 Å². The molecule has 0 spiro atoms. The molecule has 2 aliphatic heterocycles. The highest BCUT2D eigenvalue weighted by molar-refractivity contribution is 5.89. The van der Waals surface area contributed by atoms with E-state index in [1.54, 1.807) is 0 Å². The number of ketones is 1. The molecule has 4 nitrogen and oxygen atoms in total. The molecule has 92 valence electrons. The topological polar surface area (TPSA) is 32.8 Å². The van der Waals surface area contributed by atoms with Crippen molar-refractivity contribution in [2.24, 2.45) is 0 Å². The van der Waals surface area contributed by atoms with Crippen LogP contribution in [0, 0.1) is 0 Å². The van der Waals surface area contributed by atoms with E-state index < -0.39 is 0 Å². The third-order valence-corrected chi connectivity index (χ3v) is 3.87. The van der Waals surface area contributed by atoms with Crippen LogP contribution in [0.25, 0.3) is 0 Å². The minimum absolute atomic E-state index is 0.244. The Bertz CT molecular complexity index is 260. The molecule has 2 fully saturated rings. The van der Waals surface area contributed by atoms with E-state index in [0.29, 0.717) is 5.78 Å². The summed E-state index contributed by atoms with van der Waals surface area (Å²) < 4.78 is 5.32. The average molecular weight is 226 g/mol. The summed E-state index contributed by atoms with van der Waals surface area (Å²) in [6.45, 7) is 10.8. The largest absolute Gasteiger partial charge is 0.379 e. The van der Waals surface area contributed by atoms with Crippen molar-refractivity contribution in [2.45, 2.75) is 25.8 Å². The second-order valence-electron chi connectivity index (χ2n) is 5.17. The van der Waals surface area contributed by atoms with Gasteiger partial charge in [0, 0.05) is 39.1 Å². The first-order valence-corrected chi connectivity index (χ1v) is 6.19. The van der Waals surface area contributed by atoms with Crippen molar-refractivity contribution in [3.8, 4) is 0 Å². The van der Waals surface area contributed by atoms with Crippen molar-refractivity contribution in [3.63, 3.8) is 0 Å². The molecule has 0 aliphatic carbocycles. The number of likely N-dealkylation sites (tertiary alicyclic amines) is 1. The number of carbonyl (C=O) groups excluding carboxylic acids is 1. The van der Waals surface area contributed by atoms with Crippen LogP contribution in [0.2, 0.25) is 0 Å². The zero-order valence-electron chi connectivity index (χ0n) is 10.4. The number of nitrogens with zero attached hydrogens (tertiary/aromatic N) is 2. The first-order chi connectivity index (χ1) is 7.60. The first-order valence-electron chi connectivity index (χ1n) is 6.19. The lowest BCUT2D eigenvalue weighted by molar-refractivity contribution is -0.123. The van der Waals surface area contributed by atoms with Gasteiger partial charge in [-0.05, 0) is 13.8 Å². The van der Waals surface area contributed by atoms with Crippen LogP contribution in [0.1, 0.15) is 20.3 Å². The molecular formula is C12H22N2O2. The smallest absolute Gasteiger partial charge is 0.153 e. The van der Waals surface area contributed by atoms with Crippen LogP contribution in [0.5, 0.6) is 0 Å². The molecule has 2 rings (SSSR count). The molecule has 0 amide bonds. The lowest BCUT2D eigenvalue weighted by atomic mass is 10.0. The maximum atomic E-state index is 11.7. The van der Waals surface area contributed by atoms with E-state index in [1.807, 2.05) is 13.8 Å². The van der Waals surface area contributed by atoms with Crippen molar-refractivity contribution in [2.75, 3.05) is 45.9 Å². The molecule has 0 radical (unpaired) electrons. The fourth-order valence-corrected chi connectivity index (χ4v) is 2.48. The number of rotatable bonds is 3. The lowest BCUT2D eigenvalue weighted by Gasteiger charge is -2.33. The molecule has 0 atom stereocenters. The Balaban J connectivity index is 1.79. The predicted octanol–water partition coefficient (Wildman–Crippen LogP) is 0.372. The Morgan fingerprint density at radius 2 is 1.88 bits per heavy atom. The number of hydrogen-bond acceptors (Lipinski definition) is 4. The van der Waals surface area contributed by atoms with Crippen LogP contribution >= 0.6 is 0 Å². The number of morpholine rings is 1. The van der Waals surface area contributed by atoms with Crippen molar-refractivity contribution < 1.29 is 9.53 Å². The minimum atomic E-state index is -0.244. The van der Waals surface area contributed by atoms with Crippen LogP contribution in [0.4, 0.5) is 0 Å². The Labute approximate surface area is 97.5 Å². The Hall–Kier alpha value is -0.450. The molecule has 16 heavy (non-hydrogen) atoms. The second kappa shape index (κ2) is 4.82. The summed E-state index contributed by atoms with van der Waals surface area (Å²) in [4.78, 5) is 16.4. The Kier molecular flexibility index (Phi) is 3.62. The number of ether oxygens (including phenoxy) is 1. The number of hydrogen-bond donors (Lipinski definition) is 0. The van der Waals surface area contributed by atoms with Gasteiger partial charge in [0.15, 0.2) is 5.78 Å². The van der Waals surface area contributed by atoms with E-state index in [2.05, 4.69) is 9.80 Å². The van der Waals surface area contributed by atoms with Crippen LogP contribution in [0.3, 0.4) is 0 Å². The van der Waals surface area contributed by atoms with E-state index in [-0.39, 0.29) is 5.54 Å². The van der Waals surface area contributed by atoms with Gasteiger partial charge in [0.2, 0.25) is 0 Å². The molecule has 0 N–H and O–H groups in total. The van der Waals surface area contributed by atoms with Crippen molar-refractivity contribution in [1.29, 1.82) is 0 Å². The Morgan fingerprint density at radius 1 is 1.19 bits per heavy atom. The maximum absolute atomic E-state index is 11.7. The molecule has 0 aromatic heterocycles. The summed E-state index contributed by atoms with van der Waals surface area (Å²) >= 11 is 0.